The predicted octanol–water partition coefficient (Wildman–Crippen LogP) is 7.30. The van der Waals surface area contributed by atoms with E-state index in [1.165, 1.54) is 41.0 Å². The summed E-state index contributed by atoms with van der Waals surface area (Å²) < 4.78 is 8.57. The van der Waals surface area contributed by atoms with E-state index in [4.69, 9.17) is 21.9 Å². The molecule has 3 heterocycles. The SMILES string of the molecule is Cc1ccc(-n2c(C)cc([C@H]3[C@@H](c4ccccn4)NC(=S)N3c3ccc(OC4CCCC4)cc3)c2C)cc1. The lowest BCUT2D eigenvalue weighted by Gasteiger charge is -2.28. The molecule has 2 aliphatic rings. The molecule has 38 heavy (non-hydrogen) atoms. The number of hydrogen-bond acceptors (Lipinski definition) is 3. The summed E-state index contributed by atoms with van der Waals surface area (Å²) in [5.41, 5.74) is 8.07. The van der Waals surface area contributed by atoms with Gasteiger partial charge < -0.3 is 19.5 Å². The number of nitrogens with zero attached hydrogens (tertiary/aromatic N) is 3. The maximum Gasteiger partial charge on any atom is 0.174 e. The van der Waals surface area contributed by atoms with Crippen molar-refractivity contribution < 1.29 is 4.74 Å². The number of pyridine rings is 1. The van der Waals surface area contributed by atoms with Gasteiger partial charge in [-0.3, -0.25) is 4.98 Å². The second kappa shape index (κ2) is 10.3. The summed E-state index contributed by atoms with van der Waals surface area (Å²) in [5.74, 6) is 0.925. The zero-order valence-electron chi connectivity index (χ0n) is 22.2. The zero-order valence-corrected chi connectivity index (χ0v) is 23.0. The third kappa shape index (κ3) is 4.58. The van der Waals surface area contributed by atoms with Crippen LogP contribution in [0.5, 0.6) is 5.75 Å². The first-order valence-corrected chi connectivity index (χ1v) is 13.9. The van der Waals surface area contributed by atoms with E-state index in [2.05, 4.69) is 96.2 Å². The van der Waals surface area contributed by atoms with Gasteiger partial charge in [0.1, 0.15) is 5.75 Å². The fourth-order valence-electron chi connectivity index (χ4n) is 6.01. The molecule has 0 amide bonds. The van der Waals surface area contributed by atoms with E-state index < -0.39 is 0 Å². The van der Waals surface area contributed by atoms with Crippen LogP contribution in [0.15, 0.2) is 79.0 Å². The van der Waals surface area contributed by atoms with Crippen molar-refractivity contribution in [2.75, 3.05) is 4.90 Å². The highest BCUT2D eigenvalue weighted by Crippen LogP contribution is 2.44. The molecule has 2 atom stereocenters. The van der Waals surface area contributed by atoms with Crippen molar-refractivity contribution in [2.24, 2.45) is 0 Å². The summed E-state index contributed by atoms with van der Waals surface area (Å²) in [7, 11) is 0. The van der Waals surface area contributed by atoms with Crippen LogP contribution in [0.1, 0.15) is 66.0 Å². The zero-order chi connectivity index (χ0) is 26.2. The van der Waals surface area contributed by atoms with Gasteiger partial charge in [0.05, 0.1) is 23.9 Å². The van der Waals surface area contributed by atoms with Crippen LogP contribution >= 0.6 is 12.2 Å². The van der Waals surface area contributed by atoms with Gasteiger partial charge in [0.15, 0.2) is 5.11 Å². The molecule has 194 valence electrons. The molecular formula is C32H34N4OS. The Morgan fingerprint density at radius 1 is 0.895 bits per heavy atom. The molecule has 0 unspecified atom stereocenters. The summed E-state index contributed by atoms with van der Waals surface area (Å²) in [6.07, 6.45) is 6.99. The first-order chi connectivity index (χ1) is 18.5. The summed E-state index contributed by atoms with van der Waals surface area (Å²) in [6.45, 7) is 6.50. The Morgan fingerprint density at radius 2 is 1.61 bits per heavy atom. The van der Waals surface area contributed by atoms with Crippen molar-refractivity contribution in [2.45, 2.75) is 64.6 Å². The molecule has 0 radical (unpaired) electrons. The smallest absolute Gasteiger partial charge is 0.174 e. The van der Waals surface area contributed by atoms with Gasteiger partial charge in [-0.2, -0.15) is 0 Å². The van der Waals surface area contributed by atoms with Crippen LogP contribution in [0, 0.1) is 20.8 Å². The predicted molar refractivity (Wildman–Crippen MR) is 157 cm³/mol. The summed E-state index contributed by atoms with van der Waals surface area (Å²) in [6, 6.07) is 25.4. The molecule has 0 bridgehead atoms. The normalized spacial score (nSPS) is 19.7. The van der Waals surface area contributed by atoms with Gasteiger partial charge in [-0.1, -0.05) is 23.8 Å². The first kappa shape index (κ1) is 24.7. The topological polar surface area (TPSA) is 42.3 Å². The molecule has 1 saturated heterocycles. The van der Waals surface area contributed by atoms with Crippen molar-refractivity contribution in [3.8, 4) is 11.4 Å². The van der Waals surface area contributed by atoms with E-state index in [9.17, 15) is 0 Å². The average Bonchev–Trinajstić information content (AvgIpc) is 3.64. The van der Waals surface area contributed by atoms with Crippen molar-refractivity contribution in [1.29, 1.82) is 0 Å². The highest BCUT2D eigenvalue weighted by molar-refractivity contribution is 7.80. The number of aromatic nitrogens is 2. The third-order valence-corrected chi connectivity index (χ3v) is 8.21. The summed E-state index contributed by atoms with van der Waals surface area (Å²) >= 11 is 5.96. The first-order valence-electron chi connectivity index (χ1n) is 13.5. The molecule has 2 aromatic heterocycles. The minimum atomic E-state index is -0.0786. The fourth-order valence-corrected chi connectivity index (χ4v) is 6.36. The Hall–Kier alpha value is -3.64. The quantitative estimate of drug-likeness (QED) is 0.269. The van der Waals surface area contributed by atoms with E-state index >= 15 is 0 Å². The van der Waals surface area contributed by atoms with Gasteiger partial charge in [0, 0.05) is 29.0 Å². The van der Waals surface area contributed by atoms with Crippen LogP contribution in [0.4, 0.5) is 5.69 Å². The highest BCUT2D eigenvalue weighted by Gasteiger charge is 2.42. The number of aryl methyl sites for hydroxylation is 2. The average molecular weight is 523 g/mol. The molecule has 1 aliphatic heterocycles. The Balaban J connectivity index is 1.41. The van der Waals surface area contributed by atoms with Crippen molar-refractivity contribution >= 4 is 23.0 Å². The maximum absolute atomic E-state index is 6.24. The number of benzene rings is 2. The minimum Gasteiger partial charge on any atom is -0.490 e. The summed E-state index contributed by atoms with van der Waals surface area (Å²) in [5, 5.41) is 4.30. The van der Waals surface area contributed by atoms with Crippen molar-refractivity contribution in [1.82, 2.24) is 14.9 Å². The number of thiocarbonyl (C=S) groups is 1. The minimum absolute atomic E-state index is 0.0515. The van der Waals surface area contributed by atoms with E-state index in [0.29, 0.717) is 11.2 Å². The van der Waals surface area contributed by atoms with E-state index in [-0.39, 0.29) is 12.1 Å². The van der Waals surface area contributed by atoms with Gasteiger partial charge in [0.2, 0.25) is 0 Å². The van der Waals surface area contributed by atoms with Crippen LogP contribution in [0.3, 0.4) is 0 Å². The van der Waals surface area contributed by atoms with Crippen LogP contribution in [-0.2, 0) is 0 Å². The van der Waals surface area contributed by atoms with Gasteiger partial charge >= 0.3 is 0 Å². The van der Waals surface area contributed by atoms with Gasteiger partial charge in [-0.15, -0.1) is 0 Å². The molecule has 0 spiro atoms. The molecule has 1 N–H and O–H groups in total. The van der Waals surface area contributed by atoms with Crippen LogP contribution < -0.4 is 15.0 Å². The Morgan fingerprint density at radius 3 is 2.29 bits per heavy atom. The lowest BCUT2D eigenvalue weighted by atomic mass is 9.96. The number of anilines is 1. The second-order valence-electron chi connectivity index (χ2n) is 10.5. The van der Waals surface area contributed by atoms with E-state index in [1.54, 1.807) is 0 Å². The van der Waals surface area contributed by atoms with Gasteiger partial charge in [0.25, 0.3) is 0 Å². The van der Waals surface area contributed by atoms with E-state index in [1.807, 2.05) is 18.3 Å². The lowest BCUT2D eigenvalue weighted by Crippen LogP contribution is -2.29. The van der Waals surface area contributed by atoms with E-state index in [0.717, 1.165) is 30.0 Å². The monoisotopic (exact) mass is 522 g/mol. The molecule has 5 nitrogen and oxygen atoms in total. The lowest BCUT2D eigenvalue weighted by molar-refractivity contribution is 0.210. The number of nitrogens with one attached hydrogen (secondary N) is 1. The number of rotatable bonds is 6. The molecule has 2 aromatic carbocycles. The fraction of sp³-hybridized carbons (Fsp3) is 0.312. The molecule has 4 aromatic rings. The standard InChI is InChI=1S/C32H34N4OS/c1-21-11-13-24(14-12-21)35-22(2)20-28(23(35)3)31-30(29-10-6-7-19-33-29)34-32(38)36(31)25-15-17-27(18-16-25)37-26-8-4-5-9-26/h6-7,10-20,26,30-31H,4-5,8-9H2,1-3H3,(H,34,38)/t30-,31+/m1/s1. The summed E-state index contributed by atoms with van der Waals surface area (Å²) in [4.78, 5) is 6.97. The Kier molecular flexibility index (Phi) is 6.66. The van der Waals surface area contributed by atoms with Gasteiger partial charge in [-0.05, 0) is 119 Å². The van der Waals surface area contributed by atoms with Crippen molar-refractivity contribution in [3.05, 3.63) is 107 Å². The largest absolute Gasteiger partial charge is 0.490 e. The molecule has 6 rings (SSSR count). The van der Waals surface area contributed by atoms with Crippen LogP contribution in [-0.4, -0.2) is 20.8 Å². The third-order valence-electron chi connectivity index (χ3n) is 7.90. The Bertz CT molecular complexity index is 1420. The molecule has 1 aliphatic carbocycles. The van der Waals surface area contributed by atoms with Crippen LogP contribution in [0.25, 0.3) is 5.69 Å². The number of hydrogen-bond donors (Lipinski definition) is 1. The molecule has 2 fully saturated rings. The molecule has 6 heteroatoms. The Labute approximate surface area is 230 Å². The maximum atomic E-state index is 6.24. The highest BCUT2D eigenvalue weighted by atomic mass is 32.1. The number of ether oxygens (including phenoxy) is 1. The van der Waals surface area contributed by atoms with Crippen LogP contribution in [0.2, 0.25) is 0 Å². The van der Waals surface area contributed by atoms with Crippen molar-refractivity contribution in [3.63, 3.8) is 0 Å². The van der Waals surface area contributed by atoms with Gasteiger partial charge in [-0.25, -0.2) is 0 Å². The molecular weight excluding hydrogens is 488 g/mol. The second-order valence-corrected chi connectivity index (χ2v) is 10.9. The molecule has 1 saturated carbocycles.